The first-order valence-corrected chi connectivity index (χ1v) is 12.0. The highest BCUT2D eigenvalue weighted by Crippen LogP contribution is 2.35. The summed E-state index contributed by atoms with van der Waals surface area (Å²) >= 11 is 1.28. The van der Waals surface area contributed by atoms with Crippen LogP contribution in [0.25, 0.3) is 10.2 Å². The molecule has 30 heavy (non-hydrogen) atoms. The van der Waals surface area contributed by atoms with E-state index in [1.165, 1.54) is 24.7 Å². The Balaban J connectivity index is 1.77. The molecule has 0 saturated heterocycles. The molecule has 3 aromatic rings. The van der Waals surface area contributed by atoms with Crippen molar-refractivity contribution in [2.45, 2.75) is 25.8 Å². The number of methoxy groups -OCH3 is 2. The molecule has 2 heterocycles. The van der Waals surface area contributed by atoms with Crippen molar-refractivity contribution < 1.29 is 22.7 Å². The fourth-order valence-electron chi connectivity index (χ4n) is 3.02. The van der Waals surface area contributed by atoms with Gasteiger partial charge in [0, 0.05) is 19.9 Å². The van der Waals surface area contributed by atoms with Gasteiger partial charge in [0.25, 0.3) is 5.91 Å². The van der Waals surface area contributed by atoms with Crippen LogP contribution >= 0.6 is 11.3 Å². The number of nitrogens with zero attached hydrogens (tertiary/aromatic N) is 2. The lowest BCUT2D eigenvalue weighted by molar-refractivity contribution is 0.0954. The number of amides is 1. The number of aromatic nitrogens is 2. The van der Waals surface area contributed by atoms with E-state index < -0.39 is 9.84 Å². The number of hydrogen-bond donors (Lipinski definition) is 1. The average Bonchev–Trinajstić information content (AvgIpc) is 3.02. The molecule has 0 atom stereocenters. The molecule has 1 amide bonds. The molecule has 0 unspecified atom stereocenters. The Bertz CT molecular complexity index is 1170. The molecule has 0 radical (unpaired) electrons. The number of fused-ring (bicyclic) bond motifs is 1. The van der Waals surface area contributed by atoms with Gasteiger partial charge in [-0.25, -0.2) is 13.4 Å². The van der Waals surface area contributed by atoms with Crippen LogP contribution in [-0.4, -0.2) is 44.8 Å². The van der Waals surface area contributed by atoms with Crippen LogP contribution in [0.2, 0.25) is 0 Å². The Morgan fingerprint density at radius 2 is 1.80 bits per heavy atom. The molecule has 160 valence electrons. The molecule has 3 rings (SSSR count). The average molecular weight is 450 g/mol. The normalized spacial score (nSPS) is 11.6. The van der Waals surface area contributed by atoms with E-state index in [1.54, 1.807) is 19.2 Å². The van der Waals surface area contributed by atoms with Gasteiger partial charge in [-0.3, -0.25) is 4.79 Å². The molecule has 0 bridgehead atoms. The van der Waals surface area contributed by atoms with Crippen LogP contribution in [0, 0.1) is 6.92 Å². The number of ether oxygens (including phenoxy) is 2. The molecule has 0 aliphatic heterocycles. The smallest absolute Gasteiger partial charge is 0.261 e. The number of sulfone groups is 1. The van der Waals surface area contributed by atoms with Crippen molar-refractivity contribution in [3.8, 4) is 5.88 Å². The molecule has 10 heteroatoms. The Labute approximate surface area is 179 Å². The Morgan fingerprint density at radius 3 is 2.40 bits per heavy atom. The maximum absolute atomic E-state index is 12.8. The number of rotatable bonds is 8. The van der Waals surface area contributed by atoms with E-state index in [0.717, 1.165) is 16.5 Å². The van der Waals surface area contributed by atoms with Crippen molar-refractivity contribution in [2.24, 2.45) is 0 Å². The SMILES string of the molecule is COCc1nc(OC)c2c(C)c(C(=O)NCc3ccc(CS(C)(=O)=O)cc3)sc2n1. The molecule has 1 N–H and O–H groups in total. The topological polar surface area (TPSA) is 107 Å². The summed E-state index contributed by atoms with van der Waals surface area (Å²) < 4.78 is 33.3. The van der Waals surface area contributed by atoms with Gasteiger partial charge >= 0.3 is 0 Å². The number of benzene rings is 1. The van der Waals surface area contributed by atoms with Crippen LogP contribution in [0.1, 0.15) is 32.2 Å². The molecule has 0 aliphatic carbocycles. The summed E-state index contributed by atoms with van der Waals surface area (Å²) in [5, 5.41) is 3.62. The zero-order valence-corrected chi connectivity index (χ0v) is 18.8. The first-order valence-electron chi connectivity index (χ1n) is 9.08. The largest absolute Gasteiger partial charge is 0.480 e. The van der Waals surface area contributed by atoms with E-state index in [2.05, 4.69) is 15.3 Å². The molecule has 1 aromatic carbocycles. The van der Waals surface area contributed by atoms with Crippen molar-refractivity contribution in [2.75, 3.05) is 20.5 Å². The fourth-order valence-corrected chi connectivity index (χ4v) is 4.93. The highest BCUT2D eigenvalue weighted by Gasteiger charge is 2.21. The second-order valence-corrected chi connectivity index (χ2v) is 10.0. The van der Waals surface area contributed by atoms with Crippen molar-refractivity contribution in [1.82, 2.24) is 15.3 Å². The van der Waals surface area contributed by atoms with E-state index in [0.29, 0.717) is 33.5 Å². The van der Waals surface area contributed by atoms with Crippen LogP contribution < -0.4 is 10.1 Å². The third kappa shape index (κ3) is 5.13. The van der Waals surface area contributed by atoms with Gasteiger partial charge in [0.1, 0.15) is 11.4 Å². The second-order valence-electron chi connectivity index (χ2n) is 6.89. The van der Waals surface area contributed by atoms with E-state index in [9.17, 15) is 13.2 Å². The lowest BCUT2D eigenvalue weighted by atomic mass is 10.1. The van der Waals surface area contributed by atoms with Crippen LogP contribution in [0.15, 0.2) is 24.3 Å². The maximum atomic E-state index is 12.8. The maximum Gasteiger partial charge on any atom is 0.261 e. The number of thiophene rings is 1. The summed E-state index contributed by atoms with van der Waals surface area (Å²) in [6, 6.07) is 7.13. The number of hydrogen-bond acceptors (Lipinski definition) is 8. The van der Waals surface area contributed by atoms with Crippen LogP contribution in [0.4, 0.5) is 0 Å². The summed E-state index contributed by atoms with van der Waals surface area (Å²) in [6.07, 6.45) is 1.20. The Morgan fingerprint density at radius 1 is 1.13 bits per heavy atom. The third-order valence-corrected chi connectivity index (χ3v) is 6.42. The fraction of sp³-hybridized carbons (Fsp3) is 0.350. The lowest BCUT2D eigenvalue weighted by Gasteiger charge is -2.06. The molecule has 0 aliphatic rings. The predicted octanol–water partition coefficient (Wildman–Crippen LogP) is 2.63. The minimum atomic E-state index is -3.08. The van der Waals surface area contributed by atoms with Crippen molar-refractivity contribution in [1.29, 1.82) is 0 Å². The standard InChI is InChI=1S/C20H23N3O5S2/c1-12-16-19(28-3)22-15(10-27-2)23-20(16)29-17(12)18(24)21-9-13-5-7-14(8-6-13)11-30(4,25)26/h5-8H,9-11H2,1-4H3,(H,21,24). The molecule has 2 aromatic heterocycles. The van der Waals surface area contributed by atoms with Crippen LogP contribution in [0.3, 0.4) is 0 Å². The molecular weight excluding hydrogens is 426 g/mol. The lowest BCUT2D eigenvalue weighted by Crippen LogP contribution is -2.22. The Hall–Kier alpha value is -2.56. The number of nitrogens with one attached hydrogen (secondary N) is 1. The quantitative estimate of drug-likeness (QED) is 0.563. The minimum absolute atomic E-state index is 0.00541. The number of carbonyl (C=O) groups is 1. The van der Waals surface area contributed by atoms with Crippen molar-refractivity contribution >= 4 is 37.3 Å². The van der Waals surface area contributed by atoms with Gasteiger partial charge in [-0.05, 0) is 23.6 Å². The van der Waals surface area contributed by atoms with Gasteiger partial charge in [0.2, 0.25) is 5.88 Å². The van der Waals surface area contributed by atoms with Crippen LogP contribution in [0.5, 0.6) is 5.88 Å². The minimum Gasteiger partial charge on any atom is -0.480 e. The van der Waals surface area contributed by atoms with E-state index in [4.69, 9.17) is 9.47 Å². The zero-order chi connectivity index (χ0) is 21.9. The summed E-state index contributed by atoms with van der Waals surface area (Å²) in [5.41, 5.74) is 2.35. The summed E-state index contributed by atoms with van der Waals surface area (Å²) in [6.45, 7) is 2.42. The highest BCUT2D eigenvalue weighted by molar-refractivity contribution is 7.89. The molecule has 0 saturated carbocycles. The van der Waals surface area contributed by atoms with Gasteiger partial charge in [-0.2, -0.15) is 4.98 Å². The first kappa shape index (κ1) is 22.1. The van der Waals surface area contributed by atoms with Gasteiger partial charge in [-0.1, -0.05) is 24.3 Å². The molecular formula is C20H23N3O5S2. The number of carbonyl (C=O) groups excluding carboxylic acids is 1. The summed E-state index contributed by atoms with van der Waals surface area (Å²) in [5.74, 6) is 0.686. The van der Waals surface area contributed by atoms with E-state index >= 15 is 0 Å². The zero-order valence-electron chi connectivity index (χ0n) is 17.2. The summed E-state index contributed by atoms with van der Waals surface area (Å²) in [4.78, 5) is 22.8. The van der Waals surface area contributed by atoms with Crippen LogP contribution in [-0.2, 0) is 33.5 Å². The second kappa shape index (κ2) is 9.07. The molecule has 0 spiro atoms. The van der Waals surface area contributed by atoms with E-state index in [-0.39, 0.29) is 18.3 Å². The highest BCUT2D eigenvalue weighted by atomic mass is 32.2. The van der Waals surface area contributed by atoms with Gasteiger partial charge in [0.05, 0.1) is 23.1 Å². The van der Waals surface area contributed by atoms with Crippen molar-refractivity contribution in [3.05, 3.63) is 51.7 Å². The summed E-state index contributed by atoms with van der Waals surface area (Å²) in [7, 11) is 0.0127. The van der Waals surface area contributed by atoms with Gasteiger partial charge in [0.15, 0.2) is 15.7 Å². The monoisotopic (exact) mass is 449 g/mol. The van der Waals surface area contributed by atoms with Crippen molar-refractivity contribution in [3.63, 3.8) is 0 Å². The Kier molecular flexibility index (Phi) is 6.69. The van der Waals surface area contributed by atoms with Gasteiger partial charge in [-0.15, -0.1) is 11.3 Å². The van der Waals surface area contributed by atoms with Gasteiger partial charge < -0.3 is 14.8 Å². The molecule has 8 nitrogen and oxygen atoms in total. The third-order valence-electron chi connectivity index (χ3n) is 4.38. The number of aryl methyl sites for hydroxylation is 1. The van der Waals surface area contributed by atoms with E-state index in [1.807, 2.05) is 19.1 Å². The first-order chi connectivity index (χ1) is 14.2. The predicted molar refractivity (Wildman–Crippen MR) is 116 cm³/mol. The molecule has 0 fully saturated rings.